The Hall–Kier alpha value is -2.24. The number of rotatable bonds is 8. The predicted octanol–water partition coefficient (Wildman–Crippen LogP) is 1.87. The lowest BCUT2D eigenvalue weighted by Crippen LogP contribution is -2.47. The van der Waals surface area contributed by atoms with Crippen molar-refractivity contribution in [2.45, 2.75) is 32.7 Å². The van der Waals surface area contributed by atoms with E-state index in [1.54, 1.807) is 40.4 Å². The first-order valence-electron chi connectivity index (χ1n) is 7.99. The van der Waals surface area contributed by atoms with Gasteiger partial charge in [-0.3, -0.25) is 9.59 Å². The van der Waals surface area contributed by atoms with Gasteiger partial charge in [-0.25, -0.2) is 0 Å². The highest BCUT2D eigenvalue weighted by Crippen LogP contribution is 2.27. The van der Waals surface area contributed by atoms with Gasteiger partial charge in [0.1, 0.15) is 6.04 Å². The Kier molecular flexibility index (Phi) is 7.55. The van der Waals surface area contributed by atoms with Crippen LogP contribution in [0.2, 0.25) is 0 Å². The molecule has 1 aromatic carbocycles. The van der Waals surface area contributed by atoms with Crippen LogP contribution in [0.3, 0.4) is 0 Å². The summed E-state index contributed by atoms with van der Waals surface area (Å²) >= 11 is 0. The fraction of sp³-hybridized carbons (Fsp3) is 0.556. The topological polar surface area (TPSA) is 67.9 Å². The Bertz CT molecular complexity index is 570. The molecule has 1 N–H and O–H groups in total. The predicted molar refractivity (Wildman–Crippen MR) is 93.3 cm³/mol. The van der Waals surface area contributed by atoms with Crippen LogP contribution in [-0.2, 0) is 16.0 Å². The molecule has 0 radical (unpaired) electrons. The maximum Gasteiger partial charge on any atom is 0.244 e. The van der Waals surface area contributed by atoms with E-state index in [0.717, 1.165) is 5.56 Å². The SMILES string of the molecule is COc1ccc(CC(=O)N[C@@H](CC(C)C)C(=O)N(C)C)cc1OC. The first-order chi connectivity index (χ1) is 11.3. The Morgan fingerprint density at radius 1 is 1.12 bits per heavy atom. The molecule has 2 amide bonds. The standard InChI is InChI=1S/C18H28N2O4/c1-12(2)9-14(18(22)20(3)4)19-17(21)11-13-7-8-15(23-5)16(10-13)24-6/h7-8,10,12,14H,9,11H2,1-6H3,(H,19,21)/t14-/m0/s1. The Morgan fingerprint density at radius 2 is 1.75 bits per heavy atom. The summed E-state index contributed by atoms with van der Waals surface area (Å²) in [4.78, 5) is 26.1. The molecule has 0 aliphatic carbocycles. The molecule has 1 rings (SSSR count). The summed E-state index contributed by atoms with van der Waals surface area (Å²) in [6.45, 7) is 4.05. The Labute approximate surface area is 144 Å². The molecule has 0 fully saturated rings. The zero-order chi connectivity index (χ0) is 18.3. The number of carbonyl (C=O) groups is 2. The molecule has 0 unspecified atom stereocenters. The molecule has 0 spiro atoms. The minimum absolute atomic E-state index is 0.0932. The third-order valence-electron chi connectivity index (χ3n) is 3.59. The van der Waals surface area contributed by atoms with E-state index >= 15 is 0 Å². The second kappa shape index (κ2) is 9.15. The first-order valence-corrected chi connectivity index (χ1v) is 7.99. The second-order valence-electron chi connectivity index (χ2n) is 6.35. The van der Waals surface area contributed by atoms with Gasteiger partial charge in [0.25, 0.3) is 0 Å². The molecule has 0 heterocycles. The van der Waals surface area contributed by atoms with Crippen LogP contribution in [0, 0.1) is 5.92 Å². The van der Waals surface area contributed by atoms with Gasteiger partial charge in [-0.1, -0.05) is 19.9 Å². The fourth-order valence-electron chi connectivity index (χ4n) is 2.43. The molecule has 6 heteroatoms. The minimum Gasteiger partial charge on any atom is -0.493 e. The van der Waals surface area contributed by atoms with Crippen LogP contribution in [0.4, 0.5) is 0 Å². The molecular formula is C18H28N2O4. The van der Waals surface area contributed by atoms with E-state index in [2.05, 4.69) is 5.32 Å². The van der Waals surface area contributed by atoms with Crippen molar-refractivity contribution in [2.75, 3.05) is 28.3 Å². The summed E-state index contributed by atoms with van der Waals surface area (Å²) < 4.78 is 10.4. The highest BCUT2D eigenvalue weighted by molar-refractivity contribution is 5.88. The van der Waals surface area contributed by atoms with Gasteiger partial charge in [0.05, 0.1) is 20.6 Å². The van der Waals surface area contributed by atoms with Gasteiger partial charge >= 0.3 is 0 Å². The van der Waals surface area contributed by atoms with Crippen LogP contribution < -0.4 is 14.8 Å². The van der Waals surface area contributed by atoms with Crippen molar-refractivity contribution in [1.82, 2.24) is 10.2 Å². The van der Waals surface area contributed by atoms with E-state index in [1.807, 2.05) is 19.9 Å². The fourth-order valence-corrected chi connectivity index (χ4v) is 2.43. The van der Waals surface area contributed by atoms with Gasteiger partial charge in [-0.15, -0.1) is 0 Å². The Balaban J connectivity index is 2.80. The normalized spacial score (nSPS) is 11.8. The molecule has 0 saturated carbocycles. The smallest absolute Gasteiger partial charge is 0.244 e. The quantitative estimate of drug-likeness (QED) is 0.787. The number of methoxy groups -OCH3 is 2. The molecule has 0 saturated heterocycles. The van der Waals surface area contributed by atoms with Crippen LogP contribution in [0.15, 0.2) is 18.2 Å². The Morgan fingerprint density at radius 3 is 2.25 bits per heavy atom. The van der Waals surface area contributed by atoms with Crippen LogP contribution in [0.25, 0.3) is 0 Å². The van der Waals surface area contributed by atoms with Crippen molar-refractivity contribution in [3.63, 3.8) is 0 Å². The van der Waals surface area contributed by atoms with Crippen molar-refractivity contribution >= 4 is 11.8 Å². The number of nitrogens with zero attached hydrogens (tertiary/aromatic N) is 1. The third kappa shape index (κ3) is 5.76. The molecule has 0 bridgehead atoms. The zero-order valence-electron chi connectivity index (χ0n) is 15.4. The lowest BCUT2D eigenvalue weighted by molar-refractivity contribution is -0.134. The summed E-state index contributed by atoms with van der Waals surface area (Å²) in [6, 6.07) is 4.83. The summed E-state index contributed by atoms with van der Waals surface area (Å²) in [5.74, 6) is 1.21. The number of likely N-dealkylation sites (N-methyl/N-ethyl adjacent to an activating group) is 1. The summed E-state index contributed by atoms with van der Waals surface area (Å²) in [5.41, 5.74) is 0.797. The maximum absolute atomic E-state index is 12.3. The lowest BCUT2D eigenvalue weighted by atomic mass is 10.0. The number of carbonyl (C=O) groups excluding carboxylic acids is 2. The van der Waals surface area contributed by atoms with Gasteiger partial charge < -0.3 is 19.7 Å². The molecular weight excluding hydrogens is 308 g/mol. The monoisotopic (exact) mass is 336 g/mol. The lowest BCUT2D eigenvalue weighted by Gasteiger charge is -2.23. The molecule has 24 heavy (non-hydrogen) atoms. The number of ether oxygens (including phenoxy) is 2. The van der Waals surface area contributed by atoms with Gasteiger partial charge in [-0.05, 0) is 30.0 Å². The summed E-state index contributed by atoms with van der Waals surface area (Å²) in [7, 11) is 6.50. The van der Waals surface area contributed by atoms with Gasteiger partial charge in [0.15, 0.2) is 11.5 Å². The number of hydrogen-bond acceptors (Lipinski definition) is 4. The number of amides is 2. The summed E-state index contributed by atoms with van der Waals surface area (Å²) in [5, 5.41) is 2.84. The summed E-state index contributed by atoms with van der Waals surface area (Å²) in [6.07, 6.45) is 0.782. The van der Waals surface area contributed by atoms with Gasteiger partial charge in [-0.2, -0.15) is 0 Å². The molecule has 0 aliphatic heterocycles. The third-order valence-corrected chi connectivity index (χ3v) is 3.59. The van der Waals surface area contributed by atoms with Crippen molar-refractivity contribution in [3.8, 4) is 11.5 Å². The van der Waals surface area contributed by atoms with Crippen LogP contribution in [-0.4, -0.2) is 51.1 Å². The van der Waals surface area contributed by atoms with E-state index in [1.165, 1.54) is 4.90 Å². The van der Waals surface area contributed by atoms with E-state index in [9.17, 15) is 9.59 Å². The average molecular weight is 336 g/mol. The van der Waals surface area contributed by atoms with Crippen molar-refractivity contribution in [3.05, 3.63) is 23.8 Å². The highest BCUT2D eigenvalue weighted by Gasteiger charge is 2.23. The van der Waals surface area contributed by atoms with Gasteiger partial charge in [0, 0.05) is 14.1 Å². The largest absolute Gasteiger partial charge is 0.493 e. The van der Waals surface area contributed by atoms with E-state index in [4.69, 9.17) is 9.47 Å². The maximum atomic E-state index is 12.3. The van der Waals surface area contributed by atoms with Crippen molar-refractivity contribution in [2.24, 2.45) is 5.92 Å². The van der Waals surface area contributed by atoms with E-state index < -0.39 is 6.04 Å². The average Bonchev–Trinajstić information content (AvgIpc) is 2.52. The van der Waals surface area contributed by atoms with Crippen LogP contribution >= 0.6 is 0 Å². The first kappa shape index (κ1) is 19.8. The highest BCUT2D eigenvalue weighted by atomic mass is 16.5. The van der Waals surface area contributed by atoms with Crippen LogP contribution in [0.5, 0.6) is 11.5 Å². The van der Waals surface area contributed by atoms with Crippen molar-refractivity contribution in [1.29, 1.82) is 0 Å². The minimum atomic E-state index is -0.507. The molecule has 0 aliphatic rings. The van der Waals surface area contributed by atoms with Gasteiger partial charge in [0.2, 0.25) is 11.8 Å². The number of hydrogen-bond donors (Lipinski definition) is 1. The molecule has 1 atom stereocenters. The van der Waals surface area contributed by atoms with E-state index in [0.29, 0.717) is 23.8 Å². The second-order valence-corrected chi connectivity index (χ2v) is 6.35. The zero-order valence-corrected chi connectivity index (χ0v) is 15.4. The van der Waals surface area contributed by atoms with Crippen molar-refractivity contribution < 1.29 is 19.1 Å². The molecule has 0 aromatic heterocycles. The molecule has 1 aromatic rings. The molecule has 134 valence electrons. The van der Waals surface area contributed by atoms with E-state index in [-0.39, 0.29) is 18.2 Å². The molecule has 6 nitrogen and oxygen atoms in total. The van der Waals surface area contributed by atoms with Crippen LogP contribution in [0.1, 0.15) is 25.8 Å². The number of benzene rings is 1. The number of nitrogens with one attached hydrogen (secondary N) is 1.